The maximum atomic E-state index is 12.0. The number of ether oxygens (including phenoxy) is 1. The van der Waals surface area contributed by atoms with Crippen molar-refractivity contribution in [3.63, 3.8) is 0 Å². The fourth-order valence-corrected chi connectivity index (χ4v) is 5.82. The van der Waals surface area contributed by atoms with Gasteiger partial charge in [-0.2, -0.15) is 0 Å². The highest BCUT2D eigenvalue weighted by Crippen LogP contribution is 2.42. The van der Waals surface area contributed by atoms with Gasteiger partial charge in [-0.05, 0) is 64.2 Å². The SMILES string of the molecule is CCC/C=C\C/C=C\CCCCCCCC(=O)OCC(O)COP(=O)(O)OCCNC(=O)CCCCCCC/C=C\CCCCCCCC. The first-order valence-electron chi connectivity index (χ1n) is 19.5. The summed E-state index contributed by atoms with van der Waals surface area (Å²) in [4.78, 5) is 33.8. The molecule has 0 radical (unpaired) electrons. The summed E-state index contributed by atoms with van der Waals surface area (Å²) < 4.78 is 26.8. The lowest BCUT2D eigenvalue weighted by molar-refractivity contribution is -0.147. The minimum absolute atomic E-state index is 0.0754. The minimum atomic E-state index is -4.42. The molecule has 2 unspecified atom stereocenters. The zero-order valence-corrected chi connectivity index (χ0v) is 32.0. The van der Waals surface area contributed by atoms with Crippen molar-refractivity contribution in [3.8, 4) is 0 Å². The standard InChI is InChI=1S/C39H72NO8P/c1-3-5-7-9-11-13-15-17-18-20-21-23-25-27-29-31-38(42)40-33-34-47-49(44,45)48-36-37(41)35-46-39(43)32-30-28-26-24-22-19-16-14-12-10-8-6-4-2/h8,10,14,16-18,37,41H,3-7,9,11-13,15,19-36H2,1-2H3,(H,40,42)(H,44,45)/b10-8-,16-14-,18-17-. The van der Waals surface area contributed by atoms with Crippen molar-refractivity contribution >= 4 is 19.7 Å². The number of carbonyl (C=O) groups excluding carboxylic acids is 2. The molecule has 0 fully saturated rings. The summed E-state index contributed by atoms with van der Waals surface area (Å²) >= 11 is 0. The van der Waals surface area contributed by atoms with Gasteiger partial charge < -0.3 is 20.1 Å². The molecular formula is C39H72NO8P. The van der Waals surface area contributed by atoms with Crippen LogP contribution in [0.2, 0.25) is 0 Å². The van der Waals surface area contributed by atoms with Gasteiger partial charge in [0.05, 0.1) is 13.2 Å². The van der Waals surface area contributed by atoms with Crippen molar-refractivity contribution in [2.75, 3.05) is 26.4 Å². The molecule has 0 aliphatic carbocycles. The first-order valence-corrected chi connectivity index (χ1v) is 21.0. The predicted octanol–water partition coefficient (Wildman–Crippen LogP) is 10.2. The Balaban J connectivity index is 3.65. The summed E-state index contributed by atoms with van der Waals surface area (Å²) in [6.07, 6.45) is 37.8. The van der Waals surface area contributed by atoms with Crippen molar-refractivity contribution in [2.24, 2.45) is 0 Å². The molecule has 49 heavy (non-hydrogen) atoms. The van der Waals surface area contributed by atoms with E-state index in [1.54, 1.807) is 0 Å². The molecule has 10 heteroatoms. The van der Waals surface area contributed by atoms with Gasteiger partial charge in [0.15, 0.2) is 0 Å². The number of rotatable bonds is 36. The summed E-state index contributed by atoms with van der Waals surface area (Å²) in [5.41, 5.74) is 0. The average molecular weight is 714 g/mol. The number of amides is 1. The number of unbranched alkanes of at least 4 members (excludes halogenated alkanes) is 17. The fourth-order valence-electron chi connectivity index (χ4n) is 5.06. The van der Waals surface area contributed by atoms with Crippen LogP contribution in [0.15, 0.2) is 36.5 Å². The monoisotopic (exact) mass is 713 g/mol. The van der Waals surface area contributed by atoms with Gasteiger partial charge in [0, 0.05) is 19.4 Å². The fraction of sp³-hybridized carbons (Fsp3) is 0.795. The van der Waals surface area contributed by atoms with E-state index in [0.717, 1.165) is 83.5 Å². The second kappa shape index (κ2) is 36.0. The maximum Gasteiger partial charge on any atom is 0.472 e. The van der Waals surface area contributed by atoms with E-state index in [1.807, 2.05) is 0 Å². The molecule has 9 nitrogen and oxygen atoms in total. The Kier molecular flexibility index (Phi) is 34.7. The van der Waals surface area contributed by atoms with Gasteiger partial charge >= 0.3 is 13.8 Å². The smallest absolute Gasteiger partial charge is 0.463 e. The summed E-state index contributed by atoms with van der Waals surface area (Å²) in [7, 11) is -4.42. The van der Waals surface area contributed by atoms with Crippen LogP contribution in [0.5, 0.6) is 0 Å². The van der Waals surface area contributed by atoms with Crippen molar-refractivity contribution < 1.29 is 37.9 Å². The van der Waals surface area contributed by atoms with Crippen LogP contribution in [-0.4, -0.2) is 54.3 Å². The number of allylic oxidation sites excluding steroid dienone is 6. The summed E-state index contributed by atoms with van der Waals surface area (Å²) in [5, 5.41) is 12.6. The van der Waals surface area contributed by atoms with Crippen molar-refractivity contribution in [2.45, 2.75) is 174 Å². The molecule has 0 aromatic heterocycles. The Bertz CT molecular complexity index is 907. The van der Waals surface area contributed by atoms with Gasteiger partial charge in [-0.25, -0.2) is 4.57 Å². The van der Waals surface area contributed by atoms with Crippen LogP contribution in [0.4, 0.5) is 0 Å². The molecule has 0 spiro atoms. The first kappa shape index (κ1) is 47.2. The Hall–Kier alpha value is -1.77. The second-order valence-corrected chi connectivity index (χ2v) is 14.3. The molecule has 0 bridgehead atoms. The molecular weight excluding hydrogens is 641 g/mol. The molecule has 3 N–H and O–H groups in total. The molecule has 2 atom stereocenters. The molecule has 0 heterocycles. The minimum Gasteiger partial charge on any atom is -0.463 e. The normalized spacial score (nSPS) is 13.8. The maximum absolute atomic E-state index is 12.0. The van der Waals surface area contributed by atoms with E-state index in [1.165, 1.54) is 57.8 Å². The van der Waals surface area contributed by atoms with Crippen molar-refractivity contribution in [3.05, 3.63) is 36.5 Å². The molecule has 0 saturated carbocycles. The molecule has 0 aliphatic rings. The molecule has 0 aliphatic heterocycles. The zero-order chi connectivity index (χ0) is 36.1. The van der Waals surface area contributed by atoms with Crippen LogP contribution >= 0.6 is 7.82 Å². The number of phosphoric ester groups is 1. The number of nitrogens with one attached hydrogen (secondary N) is 1. The van der Waals surface area contributed by atoms with Gasteiger partial charge in [-0.1, -0.05) is 127 Å². The highest BCUT2D eigenvalue weighted by atomic mass is 31.2. The van der Waals surface area contributed by atoms with E-state index in [4.69, 9.17) is 13.8 Å². The van der Waals surface area contributed by atoms with Crippen LogP contribution in [0, 0.1) is 0 Å². The third kappa shape index (κ3) is 37.3. The molecule has 0 aromatic carbocycles. The topological polar surface area (TPSA) is 131 Å². The first-order chi connectivity index (χ1) is 23.8. The summed E-state index contributed by atoms with van der Waals surface area (Å²) in [6.45, 7) is 3.44. The van der Waals surface area contributed by atoms with Gasteiger partial charge in [-0.3, -0.25) is 18.6 Å². The van der Waals surface area contributed by atoms with Crippen LogP contribution in [0.1, 0.15) is 168 Å². The molecule has 0 aromatic rings. The van der Waals surface area contributed by atoms with Crippen molar-refractivity contribution in [1.82, 2.24) is 5.32 Å². The Morgan fingerprint density at radius 3 is 1.73 bits per heavy atom. The number of esters is 1. The number of hydrogen-bond acceptors (Lipinski definition) is 7. The van der Waals surface area contributed by atoms with Crippen LogP contribution in [-0.2, 0) is 27.9 Å². The molecule has 0 rings (SSSR count). The average Bonchev–Trinajstić information content (AvgIpc) is 3.08. The van der Waals surface area contributed by atoms with E-state index < -0.39 is 26.5 Å². The van der Waals surface area contributed by atoms with Crippen LogP contribution < -0.4 is 5.32 Å². The Labute approximate surface area is 299 Å². The lowest BCUT2D eigenvalue weighted by Gasteiger charge is -2.15. The highest BCUT2D eigenvalue weighted by molar-refractivity contribution is 7.47. The summed E-state index contributed by atoms with van der Waals surface area (Å²) in [6, 6.07) is 0. The zero-order valence-electron chi connectivity index (χ0n) is 31.1. The van der Waals surface area contributed by atoms with Crippen LogP contribution in [0.25, 0.3) is 0 Å². The summed E-state index contributed by atoms with van der Waals surface area (Å²) in [5.74, 6) is -0.541. The van der Waals surface area contributed by atoms with Gasteiger partial charge in [0.1, 0.15) is 12.7 Å². The van der Waals surface area contributed by atoms with E-state index in [0.29, 0.717) is 6.42 Å². The van der Waals surface area contributed by atoms with Gasteiger partial charge in [0.25, 0.3) is 0 Å². The lowest BCUT2D eigenvalue weighted by atomic mass is 10.1. The lowest BCUT2D eigenvalue weighted by Crippen LogP contribution is -2.27. The number of aliphatic hydroxyl groups is 1. The van der Waals surface area contributed by atoms with E-state index in [-0.39, 0.29) is 32.1 Å². The number of hydrogen-bond donors (Lipinski definition) is 3. The third-order valence-corrected chi connectivity index (χ3v) is 9.01. The van der Waals surface area contributed by atoms with Gasteiger partial charge in [0.2, 0.25) is 5.91 Å². The largest absolute Gasteiger partial charge is 0.472 e. The Morgan fingerprint density at radius 1 is 0.633 bits per heavy atom. The second-order valence-electron chi connectivity index (χ2n) is 12.9. The van der Waals surface area contributed by atoms with E-state index in [9.17, 15) is 24.2 Å². The molecule has 1 amide bonds. The number of phosphoric acid groups is 1. The van der Waals surface area contributed by atoms with Crippen LogP contribution in [0.3, 0.4) is 0 Å². The molecule has 286 valence electrons. The predicted molar refractivity (Wildman–Crippen MR) is 201 cm³/mol. The van der Waals surface area contributed by atoms with Gasteiger partial charge in [-0.15, -0.1) is 0 Å². The third-order valence-electron chi connectivity index (χ3n) is 8.02. The van der Waals surface area contributed by atoms with E-state index in [2.05, 4.69) is 55.6 Å². The Morgan fingerprint density at radius 2 is 1.14 bits per heavy atom. The van der Waals surface area contributed by atoms with E-state index >= 15 is 0 Å². The number of aliphatic hydroxyl groups excluding tert-OH is 1. The highest BCUT2D eigenvalue weighted by Gasteiger charge is 2.23. The molecule has 0 saturated heterocycles. The number of carbonyl (C=O) groups is 2. The quantitative estimate of drug-likeness (QED) is 0.0253. The van der Waals surface area contributed by atoms with Crippen molar-refractivity contribution in [1.29, 1.82) is 0 Å².